The number of esters is 3. The molecule has 0 heterocycles. The van der Waals surface area contributed by atoms with E-state index in [1.165, 1.54) is 173 Å². The molecule has 400 valence electrons. The van der Waals surface area contributed by atoms with Gasteiger partial charge in [-0.15, -0.1) is 0 Å². The highest BCUT2D eigenvalue weighted by Gasteiger charge is 2.19. The van der Waals surface area contributed by atoms with E-state index in [9.17, 15) is 14.4 Å². The van der Waals surface area contributed by atoms with Crippen LogP contribution in [0.4, 0.5) is 0 Å². The Morgan fingerprint density at radius 1 is 0.290 bits per heavy atom. The fourth-order valence-corrected chi connectivity index (χ4v) is 8.44. The highest BCUT2D eigenvalue weighted by molar-refractivity contribution is 5.71. The largest absolute Gasteiger partial charge is 0.462 e. The normalized spacial score (nSPS) is 12.4. The summed E-state index contributed by atoms with van der Waals surface area (Å²) in [5.41, 5.74) is 0. The van der Waals surface area contributed by atoms with Crippen LogP contribution in [0, 0.1) is 0 Å². The minimum absolute atomic E-state index is 0.0872. The first-order valence-electron chi connectivity index (χ1n) is 29.8. The van der Waals surface area contributed by atoms with Gasteiger partial charge in [-0.25, -0.2) is 0 Å². The van der Waals surface area contributed by atoms with Crippen molar-refractivity contribution in [3.8, 4) is 0 Å². The molecule has 0 N–H and O–H groups in total. The number of carbonyl (C=O) groups is 3. The molecule has 0 rings (SSSR count). The van der Waals surface area contributed by atoms with Crippen LogP contribution in [0.3, 0.4) is 0 Å². The SMILES string of the molecule is CCCCC/C=C\C/C=C\C/C=C\CCCCCCC(=O)O[C@H](COC(=O)CCCCCCC/C=C\CCCCCCCC)COC(=O)CCCCCCCCC/C=C\CCCCCCCCCC. The van der Waals surface area contributed by atoms with E-state index in [0.29, 0.717) is 19.3 Å². The number of hydrogen-bond acceptors (Lipinski definition) is 6. The monoisotopic (exact) mass is 965 g/mol. The van der Waals surface area contributed by atoms with Crippen molar-refractivity contribution in [3.05, 3.63) is 60.8 Å². The van der Waals surface area contributed by atoms with Gasteiger partial charge in [-0.3, -0.25) is 14.4 Å². The van der Waals surface area contributed by atoms with Crippen LogP contribution in [0.25, 0.3) is 0 Å². The average Bonchev–Trinajstić information content (AvgIpc) is 3.35. The van der Waals surface area contributed by atoms with E-state index in [1.54, 1.807) is 0 Å². The summed E-state index contributed by atoms with van der Waals surface area (Å²) >= 11 is 0. The van der Waals surface area contributed by atoms with Gasteiger partial charge in [-0.05, 0) is 109 Å². The number of unbranched alkanes of at least 4 members (excludes halogenated alkanes) is 33. The summed E-state index contributed by atoms with van der Waals surface area (Å²) in [4.78, 5) is 38.2. The van der Waals surface area contributed by atoms with E-state index in [2.05, 4.69) is 81.5 Å². The number of allylic oxidation sites excluding steroid dienone is 10. The van der Waals surface area contributed by atoms with Gasteiger partial charge in [0.05, 0.1) is 0 Å². The van der Waals surface area contributed by atoms with Crippen LogP contribution in [0.1, 0.15) is 303 Å². The standard InChI is InChI=1S/C63H112O6/c1-4-7-10-13-16-19-22-25-28-30-31-33-35-38-41-44-47-50-53-56-62(65)68-59-60(58-67-61(64)55-52-49-46-43-40-37-34-27-24-21-18-15-12-9-6-3)69-63(66)57-54-51-48-45-42-39-36-32-29-26-23-20-17-14-11-8-5-2/h17,20,26-27,29-31,34,36,39,60H,4-16,18-19,21-25,28,32-33,35,37-38,40-59H2,1-3H3/b20-17-,29-26-,31-30-,34-27-,39-36-/t60-/m1/s1. The second-order valence-electron chi connectivity index (χ2n) is 19.9. The summed E-state index contributed by atoms with van der Waals surface area (Å²) < 4.78 is 16.9. The summed E-state index contributed by atoms with van der Waals surface area (Å²) in [6, 6.07) is 0. The van der Waals surface area contributed by atoms with Crippen LogP contribution in [0.15, 0.2) is 60.8 Å². The molecule has 0 unspecified atom stereocenters. The van der Waals surface area contributed by atoms with Crippen molar-refractivity contribution in [3.63, 3.8) is 0 Å². The van der Waals surface area contributed by atoms with Gasteiger partial charge < -0.3 is 14.2 Å². The van der Waals surface area contributed by atoms with Gasteiger partial charge in [0.2, 0.25) is 0 Å². The molecule has 0 aliphatic carbocycles. The van der Waals surface area contributed by atoms with Gasteiger partial charge in [0.1, 0.15) is 13.2 Å². The first-order chi connectivity index (χ1) is 34.0. The van der Waals surface area contributed by atoms with Gasteiger partial charge in [0, 0.05) is 19.3 Å². The second kappa shape index (κ2) is 57.7. The Labute approximate surface area is 428 Å². The Balaban J connectivity index is 4.41. The van der Waals surface area contributed by atoms with Gasteiger partial charge >= 0.3 is 17.9 Å². The van der Waals surface area contributed by atoms with Gasteiger partial charge in [0.25, 0.3) is 0 Å². The third-order valence-electron chi connectivity index (χ3n) is 13.0. The number of rotatable bonds is 54. The fraction of sp³-hybridized carbons (Fsp3) is 0.794. The van der Waals surface area contributed by atoms with Gasteiger partial charge in [-0.1, -0.05) is 236 Å². The molecular weight excluding hydrogens is 853 g/mol. The van der Waals surface area contributed by atoms with E-state index >= 15 is 0 Å². The van der Waals surface area contributed by atoms with Crippen LogP contribution in [0.2, 0.25) is 0 Å². The zero-order chi connectivity index (χ0) is 50.0. The predicted octanol–water partition coefficient (Wildman–Crippen LogP) is 20.0. The molecule has 0 aromatic heterocycles. The van der Waals surface area contributed by atoms with Crippen LogP contribution in [-0.2, 0) is 28.6 Å². The van der Waals surface area contributed by atoms with Crippen LogP contribution >= 0.6 is 0 Å². The lowest BCUT2D eigenvalue weighted by molar-refractivity contribution is -0.167. The topological polar surface area (TPSA) is 78.9 Å². The molecular formula is C63H112O6. The summed E-state index contributed by atoms with van der Waals surface area (Å²) in [7, 11) is 0. The molecule has 0 saturated carbocycles. The highest BCUT2D eigenvalue weighted by atomic mass is 16.6. The van der Waals surface area contributed by atoms with Crippen LogP contribution in [-0.4, -0.2) is 37.2 Å². The first-order valence-corrected chi connectivity index (χ1v) is 29.8. The third-order valence-corrected chi connectivity index (χ3v) is 13.0. The van der Waals surface area contributed by atoms with Crippen molar-refractivity contribution in [2.24, 2.45) is 0 Å². The molecule has 0 radical (unpaired) electrons. The van der Waals surface area contributed by atoms with E-state index in [0.717, 1.165) is 89.9 Å². The van der Waals surface area contributed by atoms with Crippen LogP contribution < -0.4 is 0 Å². The quantitative estimate of drug-likeness (QED) is 0.0262. The lowest BCUT2D eigenvalue weighted by Crippen LogP contribution is -2.30. The van der Waals surface area contributed by atoms with Crippen molar-refractivity contribution in [1.82, 2.24) is 0 Å². The summed E-state index contributed by atoms with van der Waals surface area (Å²) in [5, 5.41) is 0. The molecule has 0 aliphatic rings. The lowest BCUT2D eigenvalue weighted by atomic mass is 10.1. The molecule has 0 saturated heterocycles. The summed E-state index contributed by atoms with van der Waals surface area (Å²) in [6.45, 7) is 6.61. The molecule has 1 atom stereocenters. The van der Waals surface area contributed by atoms with Crippen molar-refractivity contribution >= 4 is 17.9 Å². The molecule has 69 heavy (non-hydrogen) atoms. The van der Waals surface area contributed by atoms with Crippen LogP contribution in [0.5, 0.6) is 0 Å². The average molecular weight is 966 g/mol. The molecule has 0 amide bonds. The van der Waals surface area contributed by atoms with E-state index in [-0.39, 0.29) is 31.1 Å². The Kier molecular flexibility index (Phi) is 55.3. The molecule has 6 nitrogen and oxygen atoms in total. The fourth-order valence-electron chi connectivity index (χ4n) is 8.44. The van der Waals surface area contributed by atoms with Crippen molar-refractivity contribution in [1.29, 1.82) is 0 Å². The zero-order valence-corrected chi connectivity index (χ0v) is 45.8. The molecule has 0 aromatic carbocycles. The Bertz CT molecular complexity index is 1250. The van der Waals surface area contributed by atoms with E-state index in [4.69, 9.17) is 14.2 Å². The number of carbonyl (C=O) groups excluding carboxylic acids is 3. The minimum atomic E-state index is -0.791. The lowest BCUT2D eigenvalue weighted by Gasteiger charge is -2.18. The van der Waals surface area contributed by atoms with Crippen molar-refractivity contribution < 1.29 is 28.6 Å². The minimum Gasteiger partial charge on any atom is -0.462 e. The number of ether oxygens (including phenoxy) is 3. The maximum absolute atomic E-state index is 12.9. The second-order valence-corrected chi connectivity index (χ2v) is 19.9. The molecule has 0 spiro atoms. The molecule has 0 fully saturated rings. The van der Waals surface area contributed by atoms with E-state index < -0.39 is 6.10 Å². The van der Waals surface area contributed by atoms with Gasteiger partial charge in [-0.2, -0.15) is 0 Å². The molecule has 0 aliphatic heterocycles. The van der Waals surface area contributed by atoms with Crippen molar-refractivity contribution in [2.75, 3.05) is 13.2 Å². The first kappa shape index (κ1) is 66.1. The highest BCUT2D eigenvalue weighted by Crippen LogP contribution is 2.15. The molecule has 6 heteroatoms. The maximum atomic E-state index is 12.9. The van der Waals surface area contributed by atoms with Crippen molar-refractivity contribution in [2.45, 2.75) is 309 Å². The Morgan fingerprint density at radius 2 is 0.522 bits per heavy atom. The summed E-state index contributed by atoms with van der Waals surface area (Å²) in [6.07, 6.45) is 72.1. The maximum Gasteiger partial charge on any atom is 0.306 e. The van der Waals surface area contributed by atoms with Gasteiger partial charge in [0.15, 0.2) is 6.10 Å². The number of hydrogen-bond donors (Lipinski definition) is 0. The molecule has 0 bridgehead atoms. The Morgan fingerprint density at radius 3 is 0.855 bits per heavy atom. The smallest absolute Gasteiger partial charge is 0.306 e. The molecule has 0 aromatic rings. The zero-order valence-electron chi connectivity index (χ0n) is 45.8. The van der Waals surface area contributed by atoms with E-state index in [1.807, 2.05) is 0 Å². The predicted molar refractivity (Wildman–Crippen MR) is 298 cm³/mol. The summed E-state index contributed by atoms with van der Waals surface area (Å²) in [5.74, 6) is -0.910. The third kappa shape index (κ3) is 55.9. The Hall–Kier alpha value is -2.89.